The Morgan fingerprint density at radius 1 is 1.14 bits per heavy atom. The fourth-order valence-corrected chi connectivity index (χ4v) is 4.53. The molecule has 0 saturated carbocycles. The second-order valence-corrected chi connectivity index (χ2v) is 8.50. The number of benzene rings is 1. The van der Waals surface area contributed by atoms with Crippen molar-refractivity contribution in [3.05, 3.63) is 28.7 Å². The maximum Gasteiger partial charge on any atom is 0.179 e. The van der Waals surface area contributed by atoms with E-state index in [0.717, 1.165) is 37.2 Å². The Balaban J connectivity index is 1.98. The van der Waals surface area contributed by atoms with Crippen LogP contribution >= 0.6 is 15.9 Å². The van der Waals surface area contributed by atoms with Crippen LogP contribution in [0.2, 0.25) is 0 Å². The van der Waals surface area contributed by atoms with E-state index in [2.05, 4.69) is 32.7 Å². The van der Waals surface area contributed by atoms with Crippen LogP contribution in [0.5, 0.6) is 0 Å². The molecule has 1 saturated heterocycles. The molecule has 6 heteroatoms. The Hall–Kier alpha value is -0.430. The fraction of sp³-hybridized carbons (Fsp3) is 0.600. The first kappa shape index (κ1) is 16.9. The first-order valence-electron chi connectivity index (χ1n) is 7.37. The third kappa shape index (κ3) is 4.52. The van der Waals surface area contributed by atoms with Crippen molar-refractivity contribution in [2.24, 2.45) is 0 Å². The van der Waals surface area contributed by atoms with Crippen LogP contribution in [0, 0.1) is 0 Å². The highest BCUT2D eigenvalue weighted by molar-refractivity contribution is 9.10. The summed E-state index contributed by atoms with van der Waals surface area (Å²) in [5.74, 6) is 0.181. The zero-order valence-corrected chi connectivity index (χ0v) is 15.0. The molecule has 118 valence electrons. The van der Waals surface area contributed by atoms with Crippen LogP contribution < -0.4 is 0 Å². The lowest BCUT2D eigenvalue weighted by molar-refractivity contribution is 0.113. The average molecular weight is 375 g/mol. The van der Waals surface area contributed by atoms with Crippen LogP contribution in [0.4, 0.5) is 0 Å². The maximum atomic E-state index is 12.5. The fourth-order valence-electron chi connectivity index (χ4n) is 2.68. The van der Waals surface area contributed by atoms with Crippen molar-refractivity contribution < 1.29 is 8.42 Å². The highest BCUT2D eigenvalue weighted by Gasteiger charge is 2.25. The van der Waals surface area contributed by atoms with Crippen LogP contribution in [-0.4, -0.2) is 62.7 Å². The Bertz CT molecular complexity index is 552. The number of piperazine rings is 1. The molecule has 1 fully saturated rings. The van der Waals surface area contributed by atoms with Gasteiger partial charge in [-0.3, -0.25) is 4.90 Å². The number of rotatable bonds is 5. The molecule has 0 aromatic heterocycles. The minimum Gasteiger partial charge on any atom is -0.301 e. The molecule has 21 heavy (non-hydrogen) atoms. The minimum atomic E-state index is -3.22. The standard InChI is InChI=1S/C15H23BrN2O2S/c1-3-17-8-10-18(11-9-17)13(2)12-21(19,20)15-6-4-14(16)5-7-15/h4-7,13H,3,8-12H2,1-2H3/t13-/m1/s1. The Morgan fingerprint density at radius 2 is 1.71 bits per heavy atom. The van der Waals surface area contributed by atoms with E-state index in [4.69, 9.17) is 0 Å². The summed E-state index contributed by atoms with van der Waals surface area (Å²) in [5.41, 5.74) is 0. The Morgan fingerprint density at radius 3 is 2.24 bits per heavy atom. The Labute approximate surface area is 136 Å². The second kappa shape index (κ2) is 7.22. The number of nitrogens with zero attached hydrogens (tertiary/aromatic N) is 2. The lowest BCUT2D eigenvalue weighted by Gasteiger charge is -2.37. The van der Waals surface area contributed by atoms with Gasteiger partial charge in [0.1, 0.15) is 0 Å². The Kier molecular flexibility index (Phi) is 5.82. The molecule has 0 unspecified atom stereocenters. The van der Waals surface area contributed by atoms with Crippen molar-refractivity contribution in [2.75, 3.05) is 38.5 Å². The molecule has 1 aromatic carbocycles. The van der Waals surface area contributed by atoms with Crippen molar-refractivity contribution in [1.29, 1.82) is 0 Å². The molecule has 1 aromatic rings. The number of halogens is 1. The largest absolute Gasteiger partial charge is 0.301 e. The monoisotopic (exact) mass is 374 g/mol. The van der Waals surface area contributed by atoms with Crippen LogP contribution in [0.25, 0.3) is 0 Å². The van der Waals surface area contributed by atoms with E-state index in [1.54, 1.807) is 24.3 Å². The molecule has 1 aliphatic rings. The van der Waals surface area contributed by atoms with E-state index < -0.39 is 9.84 Å². The van der Waals surface area contributed by atoms with Gasteiger partial charge in [-0.05, 0) is 37.7 Å². The third-order valence-corrected chi connectivity index (χ3v) is 6.55. The molecule has 4 nitrogen and oxygen atoms in total. The number of sulfone groups is 1. The SMILES string of the molecule is CCN1CCN([C@H](C)CS(=O)(=O)c2ccc(Br)cc2)CC1. The van der Waals surface area contributed by atoms with Crippen molar-refractivity contribution in [1.82, 2.24) is 9.80 Å². The molecule has 0 bridgehead atoms. The van der Waals surface area contributed by atoms with Crippen molar-refractivity contribution >= 4 is 25.8 Å². The molecular weight excluding hydrogens is 352 g/mol. The number of hydrogen-bond donors (Lipinski definition) is 0. The van der Waals surface area contributed by atoms with Gasteiger partial charge in [0.2, 0.25) is 0 Å². The normalized spacial score (nSPS) is 19.6. The molecule has 0 radical (unpaired) electrons. The van der Waals surface area contributed by atoms with Crippen molar-refractivity contribution in [3.63, 3.8) is 0 Å². The summed E-state index contributed by atoms with van der Waals surface area (Å²) in [5, 5.41) is 0. The number of hydrogen-bond acceptors (Lipinski definition) is 4. The van der Waals surface area contributed by atoms with E-state index in [1.165, 1.54) is 0 Å². The second-order valence-electron chi connectivity index (χ2n) is 5.55. The van der Waals surface area contributed by atoms with Crippen molar-refractivity contribution in [2.45, 2.75) is 24.8 Å². The predicted octanol–water partition coefficient (Wildman–Crippen LogP) is 2.25. The minimum absolute atomic E-state index is 0.0534. The van der Waals surface area contributed by atoms with Gasteiger partial charge < -0.3 is 4.90 Å². The van der Waals surface area contributed by atoms with Gasteiger partial charge in [-0.1, -0.05) is 22.9 Å². The zero-order chi connectivity index (χ0) is 15.5. The van der Waals surface area contributed by atoms with E-state index in [0.29, 0.717) is 4.90 Å². The molecule has 0 spiro atoms. The average Bonchev–Trinajstić information content (AvgIpc) is 2.47. The first-order valence-corrected chi connectivity index (χ1v) is 9.81. The van der Waals surface area contributed by atoms with E-state index in [1.807, 2.05) is 6.92 Å². The molecular formula is C15H23BrN2O2S. The highest BCUT2D eigenvalue weighted by Crippen LogP contribution is 2.18. The quantitative estimate of drug-likeness (QED) is 0.792. The molecule has 1 aliphatic heterocycles. The molecule has 1 heterocycles. The van der Waals surface area contributed by atoms with Gasteiger partial charge in [-0.25, -0.2) is 8.42 Å². The van der Waals surface area contributed by atoms with Crippen LogP contribution in [0.1, 0.15) is 13.8 Å². The lowest BCUT2D eigenvalue weighted by Crippen LogP contribution is -2.50. The zero-order valence-electron chi connectivity index (χ0n) is 12.6. The van der Waals surface area contributed by atoms with Crippen molar-refractivity contribution in [3.8, 4) is 0 Å². The van der Waals surface area contributed by atoms with Gasteiger partial charge in [-0.2, -0.15) is 0 Å². The van der Waals surface area contributed by atoms with E-state index in [9.17, 15) is 8.42 Å². The summed E-state index contributed by atoms with van der Waals surface area (Å²) in [6, 6.07) is 6.94. The van der Waals surface area contributed by atoms with Gasteiger partial charge in [0.05, 0.1) is 10.6 Å². The predicted molar refractivity (Wildman–Crippen MR) is 89.3 cm³/mol. The smallest absolute Gasteiger partial charge is 0.179 e. The third-order valence-electron chi connectivity index (χ3n) is 4.11. The summed E-state index contributed by atoms with van der Waals surface area (Å²) in [6.07, 6.45) is 0. The summed E-state index contributed by atoms with van der Waals surface area (Å²) in [6.45, 7) is 9.20. The van der Waals surface area contributed by atoms with Gasteiger partial charge in [-0.15, -0.1) is 0 Å². The van der Waals surface area contributed by atoms with Gasteiger partial charge in [0.15, 0.2) is 9.84 Å². The summed E-state index contributed by atoms with van der Waals surface area (Å²) >= 11 is 3.33. The summed E-state index contributed by atoms with van der Waals surface area (Å²) in [7, 11) is -3.22. The summed E-state index contributed by atoms with van der Waals surface area (Å²) in [4.78, 5) is 5.08. The molecule has 0 amide bonds. The lowest BCUT2D eigenvalue weighted by atomic mass is 10.2. The van der Waals surface area contributed by atoms with Crippen LogP contribution in [0.15, 0.2) is 33.6 Å². The van der Waals surface area contributed by atoms with Gasteiger partial charge in [0, 0.05) is 36.7 Å². The number of likely N-dealkylation sites (N-methyl/N-ethyl adjacent to an activating group) is 1. The topological polar surface area (TPSA) is 40.6 Å². The van der Waals surface area contributed by atoms with Crippen LogP contribution in [-0.2, 0) is 9.84 Å². The highest BCUT2D eigenvalue weighted by atomic mass is 79.9. The van der Waals surface area contributed by atoms with Gasteiger partial charge >= 0.3 is 0 Å². The molecule has 1 atom stereocenters. The van der Waals surface area contributed by atoms with Gasteiger partial charge in [0.25, 0.3) is 0 Å². The van der Waals surface area contributed by atoms with E-state index >= 15 is 0 Å². The maximum absolute atomic E-state index is 12.5. The molecule has 0 aliphatic carbocycles. The molecule has 0 N–H and O–H groups in total. The summed E-state index contributed by atoms with van der Waals surface area (Å²) < 4.78 is 25.8. The van der Waals surface area contributed by atoms with Crippen LogP contribution in [0.3, 0.4) is 0 Å². The molecule has 2 rings (SSSR count). The van der Waals surface area contributed by atoms with E-state index in [-0.39, 0.29) is 11.8 Å². The first-order chi connectivity index (χ1) is 9.92.